The summed E-state index contributed by atoms with van der Waals surface area (Å²) in [6.07, 6.45) is 0. The van der Waals surface area contributed by atoms with Crippen molar-refractivity contribution in [3.8, 4) is 11.5 Å². The van der Waals surface area contributed by atoms with E-state index in [1.165, 1.54) is 23.9 Å². The fourth-order valence-electron chi connectivity index (χ4n) is 2.66. The van der Waals surface area contributed by atoms with E-state index >= 15 is 0 Å². The Bertz CT molecular complexity index is 1000. The van der Waals surface area contributed by atoms with Crippen molar-refractivity contribution in [3.05, 3.63) is 42.5 Å². The van der Waals surface area contributed by atoms with Crippen molar-refractivity contribution in [1.82, 2.24) is 4.72 Å². The average Bonchev–Trinajstić information content (AvgIpc) is 2.64. The summed E-state index contributed by atoms with van der Waals surface area (Å²) in [6.45, 7) is 6.34. The van der Waals surface area contributed by atoms with E-state index in [2.05, 4.69) is 10.0 Å². The smallest absolute Gasteiger partial charge is 0.241 e. The predicted molar refractivity (Wildman–Crippen MR) is 113 cm³/mol. The topological polar surface area (TPSA) is 93.7 Å². The van der Waals surface area contributed by atoms with Crippen LogP contribution in [0.2, 0.25) is 0 Å². The summed E-state index contributed by atoms with van der Waals surface area (Å²) >= 11 is 1.36. The molecule has 0 unspecified atom stereocenters. The fraction of sp³-hybridized carbons (Fsp3) is 0.350. The Morgan fingerprint density at radius 2 is 1.79 bits per heavy atom. The summed E-state index contributed by atoms with van der Waals surface area (Å²) in [5.74, 6) is 1.32. The monoisotopic (exact) mass is 436 g/mol. The van der Waals surface area contributed by atoms with Crippen LogP contribution in [0.1, 0.15) is 20.8 Å². The van der Waals surface area contributed by atoms with Gasteiger partial charge in [-0.05, 0) is 57.2 Å². The number of hydrogen-bond acceptors (Lipinski definition) is 6. The zero-order chi connectivity index (χ0) is 21.1. The van der Waals surface area contributed by atoms with Gasteiger partial charge in [0.2, 0.25) is 15.9 Å². The van der Waals surface area contributed by atoms with Crippen LogP contribution >= 0.6 is 11.8 Å². The van der Waals surface area contributed by atoms with Crippen molar-refractivity contribution in [2.45, 2.75) is 36.1 Å². The minimum absolute atomic E-state index is 0.102. The van der Waals surface area contributed by atoms with Gasteiger partial charge in [-0.1, -0.05) is 6.07 Å². The number of carbonyl (C=O) groups excluding carboxylic acids is 1. The van der Waals surface area contributed by atoms with E-state index in [9.17, 15) is 13.2 Å². The van der Waals surface area contributed by atoms with Crippen LogP contribution in [0, 0.1) is 0 Å². The Morgan fingerprint density at radius 1 is 1.07 bits per heavy atom. The van der Waals surface area contributed by atoms with Crippen LogP contribution in [0.25, 0.3) is 0 Å². The molecule has 1 amide bonds. The highest BCUT2D eigenvalue weighted by atomic mass is 32.2. The zero-order valence-electron chi connectivity index (χ0n) is 16.5. The minimum atomic E-state index is -3.67. The highest BCUT2D eigenvalue weighted by Gasteiger charge is 2.22. The minimum Gasteiger partial charge on any atom is -0.486 e. The van der Waals surface area contributed by atoms with Crippen LogP contribution in [0.15, 0.2) is 52.3 Å². The SMILES string of the molecule is CC(C)(C)NS(=O)(=O)c1cccc(NC(=O)CSc2ccc3c(c2)OCCO3)c1. The second kappa shape index (κ2) is 8.64. The van der Waals surface area contributed by atoms with Gasteiger partial charge in [-0.15, -0.1) is 11.8 Å². The molecule has 2 N–H and O–H groups in total. The van der Waals surface area contributed by atoms with E-state index in [-0.39, 0.29) is 16.6 Å². The van der Waals surface area contributed by atoms with Gasteiger partial charge in [-0.3, -0.25) is 4.79 Å². The van der Waals surface area contributed by atoms with E-state index in [1.54, 1.807) is 32.9 Å². The molecule has 2 aromatic rings. The first-order chi connectivity index (χ1) is 13.6. The number of carbonyl (C=O) groups is 1. The maximum Gasteiger partial charge on any atom is 0.241 e. The number of rotatable bonds is 6. The number of hydrogen-bond donors (Lipinski definition) is 2. The first kappa shape index (κ1) is 21.5. The van der Waals surface area contributed by atoms with Crippen molar-refractivity contribution in [2.24, 2.45) is 0 Å². The molecule has 7 nitrogen and oxygen atoms in total. The van der Waals surface area contributed by atoms with E-state index < -0.39 is 15.6 Å². The van der Waals surface area contributed by atoms with Crippen LogP contribution in [-0.4, -0.2) is 38.8 Å². The van der Waals surface area contributed by atoms with Crippen molar-refractivity contribution < 1.29 is 22.7 Å². The maximum absolute atomic E-state index is 12.5. The van der Waals surface area contributed by atoms with Gasteiger partial charge in [0.15, 0.2) is 11.5 Å². The number of benzene rings is 2. The normalized spacial score (nSPS) is 13.8. The van der Waals surface area contributed by atoms with Crippen LogP contribution < -0.4 is 19.5 Å². The molecule has 0 atom stereocenters. The highest BCUT2D eigenvalue weighted by Crippen LogP contribution is 2.34. The standard InChI is InChI=1S/C20H24N2O5S2/c1-20(2,3)22-29(24,25)16-6-4-5-14(11-16)21-19(23)13-28-15-7-8-17-18(12-15)27-10-9-26-17/h4-8,11-12,22H,9-10,13H2,1-3H3,(H,21,23). The summed E-state index contributed by atoms with van der Waals surface area (Å²) < 4.78 is 38.6. The lowest BCUT2D eigenvalue weighted by molar-refractivity contribution is -0.113. The number of amides is 1. The lowest BCUT2D eigenvalue weighted by Crippen LogP contribution is -2.40. The molecule has 1 heterocycles. The number of nitrogens with one attached hydrogen (secondary N) is 2. The van der Waals surface area contributed by atoms with Crippen molar-refractivity contribution >= 4 is 33.4 Å². The summed E-state index contributed by atoms with van der Waals surface area (Å²) in [5, 5.41) is 2.74. The number of sulfonamides is 1. The molecule has 0 saturated heterocycles. The van der Waals surface area contributed by atoms with Crippen LogP contribution in [0.3, 0.4) is 0 Å². The molecule has 0 fully saturated rings. The summed E-state index contributed by atoms with van der Waals surface area (Å²) in [6, 6.07) is 11.7. The van der Waals surface area contributed by atoms with Crippen molar-refractivity contribution in [3.63, 3.8) is 0 Å². The molecule has 9 heteroatoms. The van der Waals surface area contributed by atoms with Gasteiger partial charge in [-0.25, -0.2) is 13.1 Å². The lowest BCUT2D eigenvalue weighted by atomic mass is 10.1. The number of anilines is 1. The van der Waals surface area contributed by atoms with Crippen molar-refractivity contribution in [2.75, 3.05) is 24.3 Å². The van der Waals surface area contributed by atoms with Gasteiger partial charge in [0, 0.05) is 16.1 Å². The first-order valence-electron chi connectivity index (χ1n) is 9.09. The third-order valence-electron chi connectivity index (χ3n) is 3.75. The van der Waals surface area contributed by atoms with Gasteiger partial charge in [0.05, 0.1) is 10.6 Å². The van der Waals surface area contributed by atoms with E-state index in [4.69, 9.17) is 9.47 Å². The first-order valence-corrected chi connectivity index (χ1v) is 11.6. The Morgan fingerprint density at radius 3 is 2.52 bits per heavy atom. The second-order valence-electron chi connectivity index (χ2n) is 7.53. The molecule has 0 aromatic heterocycles. The Hall–Kier alpha value is -2.23. The third-order valence-corrected chi connectivity index (χ3v) is 6.50. The van der Waals surface area contributed by atoms with Crippen LogP contribution in [0.4, 0.5) is 5.69 Å². The molecule has 0 radical (unpaired) electrons. The van der Waals surface area contributed by atoms with Crippen LogP contribution in [-0.2, 0) is 14.8 Å². The van der Waals surface area contributed by atoms with E-state index in [0.29, 0.717) is 30.4 Å². The summed E-state index contributed by atoms with van der Waals surface area (Å²) in [5.41, 5.74) is -0.173. The number of thioether (sulfide) groups is 1. The molecule has 3 rings (SSSR count). The van der Waals surface area contributed by atoms with Gasteiger partial charge in [0.25, 0.3) is 0 Å². The molecule has 0 aliphatic carbocycles. The van der Waals surface area contributed by atoms with E-state index in [0.717, 1.165) is 4.90 Å². The Balaban J connectivity index is 1.61. The molecule has 2 aromatic carbocycles. The molecule has 1 aliphatic heterocycles. The van der Waals surface area contributed by atoms with E-state index in [1.807, 2.05) is 18.2 Å². The number of ether oxygens (including phenoxy) is 2. The third kappa shape index (κ3) is 6.12. The highest BCUT2D eigenvalue weighted by molar-refractivity contribution is 8.00. The molecule has 0 spiro atoms. The summed E-state index contributed by atoms with van der Waals surface area (Å²) in [7, 11) is -3.67. The van der Waals surface area contributed by atoms with Crippen molar-refractivity contribution in [1.29, 1.82) is 0 Å². The predicted octanol–water partition coefficient (Wildman–Crippen LogP) is 3.27. The molecule has 156 valence electrons. The van der Waals surface area contributed by atoms with Gasteiger partial charge < -0.3 is 14.8 Å². The van der Waals surface area contributed by atoms with Gasteiger partial charge >= 0.3 is 0 Å². The maximum atomic E-state index is 12.5. The molecular weight excluding hydrogens is 412 g/mol. The Kier molecular flexibility index (Phi) is 6.40. The molecule has 1 aliphatic rings. The fourth-order valence-corrected chi connectivity index (χ4v) is 4.85. The Labute approximate surface area is 175 Å². The zero-order valence-corrected chi connectivity index (χ0v) is 18.2. The van der Waals surface area contributed by atoms with Gasteiger partial charge in [-0.2, -0.15) is 0 Å². The largest absolute Gasteiger partial charge is 0.486 e. The lowest BCUT2D eigenvalue weighted by Gasteiger charge is -2.20. The molecule has 29 heavy (non-hydrogen) atoms. The number of fused-ring (bicyclic) bond motifs is 1. The van der Waals surface area contributed by atoms with Crippen LogP contribution in [0.5, 0.6) is 11.5 Å². The van der Waals surface area contributed by atoms with Gasteiger partial charge in [0.1, 0.15) is 13.2 Å². The molecule has 0 saturated carbocycles. The quantitative estimate of drug-likeness (QED) is 0.675. The molecule has 0 bridgehead atoms. The molecular formula is C20H24N2O5S2. The average molecular weight is 437 g/mol. The summed E-state index contributed by atoms with van der Waals surface area (Å²) in [4.78, 5) is 13.3. The second-order valence-corrected chi connectivity index (χ2v) is 10.3.